The third kappa shape index (κ3) is 3.04. The third-order valence-corrected chi connectivity index (χ3v) is 4.42. The number of halogens is 2. The van der Waals surface area contributed by atoms with Crippen LogP contribution in [0.3, 0.4) is 0 Å². The lowest BCUT2D eigenvalue weighted by atomic mass is 10.1. The Kier molecular flexibility index (Phi) is 4.37. The molecule has 3 rings (SSSR count). The summed E-state index contributed by atoms with van der Waals surface area (Å²) in [6.45, 7) is 6.78. The molecule has 126 valence electrons. The summed E-state index contributed by atoms with van der Waals surface area (Å²) in [6.07, 6.45) is 0. The molecular formula is C18H19Cl2N3O. The van der Waals surface area contributed by atoms with Gasteiger partial charge in [-0.3, -0.25) is 0 Å². The molecule has 3 aromatic rings. The molecule has 0 saturated carbocycles. The number of benzene rings is 2. The Bertz CT molecular complexity index is 903. The summed E-state index contributed by atoms with van der Waals surface area (Å²) in [5.74, 6) is 1.39. The molecule has 2 N–H and O–H groups in total. The number of hydrogen-bond acceptors (Lipinski definition) is 3. The number of ether oxygens (including phenoxy) is 1. The largest absolute Gasteiger partial charge is 0.478 e. The highest BCUT2D eigenvalue weighted by Crippen LogP contribution is 2.35. The summed E-state index contributed by atoms with van der Waals surface area (Å²) in [4.78, 5) is 4.75. The van der Waals surface area contributed by atoms with Gasteiger partial charge < -0.3 is 15.0 Å². The van der Waals surface area contributed by atoms with E-state index in [9.17, 15) is 0 Å². The van der Waals surface area contributed by atoms with Crippen LogP contribution < -0.4 is 10.5 Å². The lowest BCUT2D eigenvalue weighted by Gasteiger charge is -2.27. The fourth-order valence-electron chi connectivity index (χ4n) is 2.81. The molecule has 24 heavy (non-hydrogen) atoms. The van der Waals surface area contributed by atoms with Crippen molar-refractivity contribution in [2.45, 2.75) is 32.9 Å². The molecule has 1 heterocycles. The van der Waals surface area contributed by atoms with Crippen LogP contribution in [0.4, 0.5) is 5.69 Å². The molecule has 1 aromatic heterocycles. The minimum absolute atomic E-state index is 0.471. The molecule has 0 fully saturated rings. The highest BCUT2D eigenvalue weighted by molar-refractivity contribution is 6.35. The average molecular weight is 364 g/mol. The summed E-state index contributed by atoms with van der Waals surface area (Å²) in [6, 6.07) is 10.9. The van der Waals surface area contributed by atoms with Crippen LogP contribution in [-0.2, 0) is 12.1 Å². The van der Waals surface area contributed by atoms with Crippen molar-refractivity contribution in [2.75, 3.05) is 5.73 Å². The van der Waals surface area contributed by atoms with Crippen molar-refractivity contribution in [3.63, 3.8) is 0 Å². The Labute approximate surface area is 151 Å². The minimum Gasteiger partial charge on any atom is -0.478 e. The molecule has 0 radical (unpaired) electrons. The van der Waals surface area contributed by atoms with Gasteiger partial charge in [0.1, 0.15) is 5.75 Å². The lowest BCUT2D eigenvalue weighted by molar-refractivity contribution is 0.0950. The quantitative estimate of drug-likeness (QED) is 0.643. The van der Waals surface area contributed by atoms with Gasteiger partial charge in [-0.2, -0.15) is 0 Å². The molecule has 0 bridgehead atoms. The first-order valence-corrected chi connectivity index (χ1v) is 8.47. The van der Waals surface area contributed by atoms with Gasteiger partial charge in [0, 0.05) is 17.3 Å². The first-order chi connectivity index (χ1) is 11.3. The van der Waals surface area contributed by atoms with Gasteiger partial charge in [-0.1, -0.05) is 23.2 Å². The number of nitrogen functional groups attached to an aromatic ring is 1. The van der Waals surface area contributed by atoms with Crippen molar-refractivity contribution in [3.05, 3.63) is 52.3 Å². The van der Waals surface area contributed by atoms with E-state index in [4.69, 9.17) is 38.7 Å². The van der Waals surface area contributed by atoms with Gasteiger partial charge in [0.15, 0.2) is 11.4 Å². The SMILES string of the molecule is CCn1c(C(C)(C)Oc2ccc(Cl)cc2Cl)nc2cc(N)ccc21. The minimum atomic E-state index is -0.679. The zero-order valence-corrected chi connectivity index (χ0v) is 15.3. The lowest BCUT2D eigenvalue weighted by Crippen LogP contribution is -2.29. The molecule has 0 aliphatic heterocycles. The van der Waals surface area contributed by atoms with E-state index in [1.165, 1.54) is 0 Å². The molecule has 4 nitrogen and oxygen atoms in total. The van der Waals surface area contributed by atoms with Crippen LogP contribution in [0.25, 0.3) is 11.0 Å². The second-order valence-corrected chi connectivity index (χ2v) is 6.96. The monoisotopic (exact) mass is 363 g/mol. The molecule has 0 unspecified atom stereocenters. The summed E-state index contributed by atoms with van der Waals surface area (Å²) in [5.41, 5.74) is 7.77. The summed E-state index contributed by atoms with van der Waals surface area (Å²) >= 11 is 12.2. The highest BCUT2D eigenvalue weighted by atomic mass is 35.5. The Hall–Kier alpha value is -1.91. The molecular weight excluding hydrogens is 345 g/mol. The summed E-state index contributed by atoms with van der Waals surface area (Å²) in [5, 5.41) is 1.04. The maximum absolute atomic E-state index is 6.24. The van der Waals surface area contributed by atoms with Gasteiger partial charge >= 0.3 is 0 Å². The van der Waals surface area contributed by atoms with Gasteiger partial charge in [0.05, 0.1) is 16.1 Å². The number of aryl methyl sites for hydroxylation is 1. The first-order valence-electron chi connectivity index (χ1n) is 7.72. The van der Waals surface area contributed by atoms with Crippen molar-refractivity contribution in [1.29, 1.82) is 0 Å². The van der Waals surface area contributed by atoms with Gasteiger partial charge in [0.25, 0.3) is 0 Å². The van der Waals surface area contributed by atoms with Gasteiger partial charge in [-0.25, -0.2) is 4.98 Å². The predicted molar refractivity (Wildman–Crippen MR) is 99.9 cm³/mol. The molecule has 0 atom stereocenters. The van der Waals surface area contributed by atoms with E-state index in [1.807, 2.05) is 32.0 Å². The number of fused-ring (bicyclic) bond motifs is 1. The van der Waals surface area contributed by atoms with Crippen LogP contribution in [0.2, 0.25) is 10.0 Å². The Morgan fingerprint density at radius 2 is 1.92 bits per heavy atom. The predicted octanol–water partition coefficient (Wildman–Crippen LogP) is 5.26. The number of imidazole rings is 1. The molecule has 6 heteroatoms. The van der Waals surface area contributed by atoms with Gasteiger partial charge in [-0.05, 0) is 57.2 Å². The Morgan fingerprint density at radius 3 is 2.58 bits per heavy atom. The normalized spacial score (nSPS) is 11.9. The summed E-state index contributed by atoms with van der Waals surface area (Å²) in [7, 11) is 0. The molecule has 0 aliphatic rings. The Balaban J connectivity index is 2.07. The number of aromatic nitrogens is 2. The fourth-order valence-corrected chi connectivity index (χ4v) is 3.25. The Morgan fingerprint density at radius 1 is 1.17 bits per heavy atom. The van der Waals surface area contributed by atoms with Crippen molar-refractivity contribution in [1.82, 2.24) is 9.55 Å². The van der Waals surface area contributed by atoms with Crippen molar-refractivity contribution in [2.24, 2.45) is 0 Å². The molecule has 0 saturated heterocycles. The number of rotatable bonds is 4. The number of anilines is 1. The van der Waals surface area contributed by atoms with Gasteiger partial charge in [0.2, 0.25) is 0 Å². The number of nitrogens with zero attached hydrogens (tertiary/aromatic N) is 2. The van der Waals surface area contributed by atoms with Crippen molar-refractivity contribution in [3.8, 4) is 5.75 Å². The van der Waals surface area contributed by atoms with E-state index in [1.54, 1.807) is 18.2 Å². The molecule has 0 spiro atoms. The molecule has 2 aromatic carbocycles. The molecule has 0 amide bonds. The van der Waals surface area contributed by atoms with E-state index in [0.29, 0.717) is 21.5 Å². The van der Waals surface area contributed by atoms with Crippen LogP contribution in [0.1, 0.15) is 26.6 Å². The zero-order chi connectivity index (χ0) is 17.5. The first kappa shape index (κ1) is 16.9. The number of hydrogen-bond donors (Lipinski definition) is 1. The van der Waals surface area contributed by atoms with E-state index in [0.717, 1.165) is 23.4 Å². The zero-order valence-electron chi connectivity index (χ0n) is 13.8. The fraction of sp³-hybridized carbons (Fsp3) is 0.278. The second kappa shape index (κ2) is 6.19. The van der Waals surface area contributed by atoms with Crippen LogP contribution in [0.15, 0.2) is 36.4 Å². The topological polar surface area (TPSA) is 53.1 Å². The maximum atomic E-state index is 6.24. The van der Waals surface area contributed by atoms with Crippen LogP contribution >= 0.6 is 23.2 Å². The van der Waals surface area contributed by atoms with E-state index in [-0.39, 0.29) is 0 Å². The average Bonchev–Trinajstić information content (AvgIpc) is 2.88. The smallest absolute Gasteiger partial charge is 0.161 e. The van der Waals surface area contributed by atoms with E-state index >= 15 is 0 Å². The highest BCUT2D eigenvalue weighted by Gasteiger charge is 2.30. The van der Waals surface area contributed by atoms with Crippen LogP contribution in [-0.4, -0.2) is 9.55 Å². The van der Waals surface area contributed by atoms with Gasteiger partial charge in [-0.15, -0.1) is 0 Å². The standard InChI is InChI=1S/C18H19Cl2N3O/c1-4-23-15-7-6-12(21)10-14(15)22-17(23)18(2,3)24-16-8-5-11(19)9-13(16)20/h5-10H,4,21H2,1-3H3. The van der Waals surface area contributed by atoms with Crippen molar-refractivity contribution >= 4 is 39.9 Å². The molecule has 0 aliphatic carbocycles. The third-order valence-electron chi connectivity index (χ3n) is 3.89. The second-order valence-electron chi connectivity index (χ2n) is 6.11. The van der Waals surface area contributed by atoms with Crippen molar-refractivity contribution < 1.29 is 4.74 Å². The van der Waals surface area contributed by atoms with E-state index in [2.05, 4.69) is 11.5 Å². The number of nitrogens with two attached hydrogens (primary N) is 1. The van der Waals surface area contributed by atoms with Crippen LogP contribution in [0, 0.1) is 0 Å². The van der Waals surface area contributed by atoms with Crippen LogP contribution in [0.5, 0.6) is 5.75 Å². The summed E-state index contributed by atoms with van der Waals surface area (Å²) < 4.78 is 8.29. The van der Waals surface area contributed by atoms with E-state index < -0.39 is 5.60 Å². The maximum Gasteiger partial charge on any atom is 0.161 e.